The molecule has 3 rings (SSSR count). The van der Waals surface area contributed by atoms with Gasteiger partial charge in [0.15, 0.2) is 6.61 Å². The Hall–Kier alpha value is -3.02. The molecule has 0 unspecified atom stereocenters. The van der Waals surface area contributed by atoms with Crippen molar-refractivity contribution in [3.05, 3.63) is 99.5 Å². The van der Waals surface area contributed by atoms with Gasteiger partial charge < -0.3 is 15.0 Å². The quantitative estimate of drug-likeness (QED) is 0.292. The normalized spacial score (nSPS) is 12.2. The van der Waals surface area contributed by atoms with Gasteiger partial charge in [-0.1, -0.05) is 85.6 Å². The number of hydrogen-bond donors (Lipinski definition) is 1. The van der Waals surface area contributed by atoms with E-state index in [0.29, 0.717) is 33.7 Å². The predicted octanol–water partition coefficient (Wildman–Crippen LogP) is 7.05. The molecule has 0 aliphatic rings. The second-order valence-electron chi connectivity index (χ2n) is 10.7. The number of benzene rings is 3. The van der Waals surface area contributed by atoms with Crippen molar-refractivity contribution in [3.63, 3.8) is 0 Å². The van der Waals surface area contributed by atoms with Gasteiger partial charge in [-0.25, -0.2) is 0 Å². The van der Waals surface area contributed by atoms with Crippen molar-refractivity contribution in [2.45, 2.75) is 65.1 Å². The third kappa shape index (κ3) is 8.50. The van der Waals surface area contributed by atoms with Crippen LogP contribution in [0.5, 0.6) is 5.75 Å². The van der Waals surface area contributed by atoms with Crippen LogP contribution in [0.2, 0.25) is 10.0 Å². The van der Waals surface area contributed by atoms with Crippen LogP contribution in [0.25, 0.3) is 0 Å². The predicted molar refractivity (Wildman–Crippen MR) is 155 cm³/mol. The van der Waals surface area contributed by atoms with E-state index in [1.165, 1.54) is 10.5 Å². The van der Waals surface area contributed by atoms with Crippen molar-refractivity contribution >= 4 is 35.0 Å². The third-order valence-electron chi connectivity index (χ3n) is 6.07. The number of nitrogens with one attached hydrogen (secondary N) is 1. The Balaban J connectivity index is 1.95. The maximum atomic E-state index is 13.8. The Morgan fingerprint density at radius 3 is 2.05 bits per heavy atom. The van der Waals surface area contributed by atoms with Gasteiger partial charge in [-0.3, -0.25) is 9.59 Å². The Morgan fingerprint density at radius 1 is 0.895 bits per heavy atom. The van der Waals surface area contributed by atoms with E-state index in [1.807, 2.05) is 75.4 Å². The lowest BCUT2D eigenvalue weighted by Gasteiger charge is -2.34. The molecule has 0 saturated heterocycles. The molecule has 3 aromatic rings. The van der Waals surface area contributed by atoms with Gasteiger partial charge in [0.1, 0.15) is 11.8 Å². The minimum atomic E-state index is -0.816. The van der Waals surface area contributed by atoms with Crippen molar-refractivity contribution < 1.29 is 14.3 Å². The Kier molecular flexibility index (Phi) is 10.2. The summed E-state index contributed by atoms with van der Waals surface area (Å²) in [6, 6.07) is 21.7. The first-order valence-electron chi connectivity index (χ1n) is 12.8. The lowest BCUT2D eigenvalue weighted by atomic mass is 10.0. The van der Waals surface area contributed by atoms with Gasteiger partial charge in [0, 0.05) is 34.1 Å². The molecule has 3 aromatic carbocycles. The van der Waals surface area contributed by atoms with E-state index in [1.54, 1.807) is 18.2 Å². The third-order valence-corrected chi connectivity index (χ3v) is 6.78. The topological polar surface area (TPSA) is 58.6 Å². The molecular formula is C31H36Cl2N2O3. The van der Waals surface area contributed by atoms with Crippen molar-refractivity contribution in [3.8, 4) is 5.75 Å². The van der Waals surface area contributed by atoms with Crippen molar-refractivity contribution in [1.82, 2.24) is 10.2 Å². The average molecular weight is 556 g/mol. The first kappa shape index (κ1) is 29.5. The molecule has 0 aromatic heterocycles. The molecule has 2 amide bonds. The second-order valence-corrected chi connectivity index (χ2v) is 11.5. The monoisotopic (exact) mass is 554 g/mol. The molecule has 0 aliphatic heterocycles. The van der Waals surface area contributed by atoms with Gasteiger partial charge >= 0.3 is 0 Å². The Labute approximate surface area is 236 Å². The van der Waals surface area contributed by atoms with E-state index >= 15 is 0 Å². The Morgan fingerprint density at radius 2 is 1.50 bits per heavy atom. The number of halogens is 2. The van der Waals surface area contributed by atoms with Gasteiger partial charge in [0.25, 0.3) is 5.91 Å². The summed E-state index contributed by atoms with van der Waals surface area (Å²) in [5.74, 6) is 0.358. The van der Waals surface area contributed by atoms with Crippen molar-refractivity contribution in [2.75, 3.05) is 6.61 Å². The number of amides is 2. The Bertz CT molecular complexity index is 1200. The SMILES string of the molecule is CC(C)c1ccc(OCC(=O)N(Cc2c(Cl)cccc2Cl)[C@H](Cc2ccccc2)C(=O)NC(C)(C)C)cc1. The maximum absolute atomic E-state index is 13.8. The van der Waals surface area contributed by atoms with E-state index in [2.05, 4.69) is 19.2 Å². The molecule has 0 saturated carbocycles. The van der Waals surface area contributed by atoms with Gasteiger partial charge in [-0.2, -0.15) is 0 Å². The van der Waals surface area contributed by atoms with Crippen LogP contribution in [0.4, 0.5) is 0 Å². The molecule has 202 valence electrons. The van der Waals surface area contributed by atoms with Gasteiger partial charge in [0.2, 0.25) is 5.91 Å². The van der Waals surface area contributed by atoms with E-state index in [0.717, 1.165) is 5.56 Å². The minimum Gasteiger partial charge on any atom is -0.484 e. The highest BCUT2D eigenvalue weighted by atomic mass is 35.5. The van der Waals surface area contributed by atoms with Gasteiger partial charge in [-0.15, -0.1) is 0 Å². The molecule has 0 radical (unpaired) electrons. The summed E-state index contributed by atoms with van der Waals surface area (Å²) in [6.45, 7) is 9.78. The number of ether oxygens (including phenoxy) is 1. The van der Waals surface area contributed by atoms with Crippen LogP contribution in [0, 0.1) is 0 Å². The molecule has 7 heteroatoms. The first-order chi connectivity index (χ1) is 17.9. The van der Waals surface area contributed by atoms with E-state index < -0.39 is 11.6 Å². The number of carbonyl (C=O) groups is 2. The van der Waals surface area contributed by atoms with Crippen LogP contribution in [0.15, 0.2) is 72.8 Å². The zero-order chi connectivity index (χ0) is 27.9. The zero-order valence-electron chi connectivity index (χ0n) is 22.6. The molecular weight excluding hydrogens is 519 g/mol. The molecule has 0 spiro atoms. The van der Waals surface area contributed by atoms with Crippen molar-refractivity contribution in [2.24, 2.45) is 0 Å². The number of nitrogens with zero attached hydrogens (tertiary/aromatic N) is 1. The molecule has 1 N–H and O–H groups in total. The standard InChI is InChI=1S/C31H36Cl2N2O3/c1-21(2)23-14-16-24(17-15-23)38-20-29(36)35(19-25-26(32)12-9-13-27(25)33)28(30(37)34-31(3,4)5)18-22-10-7-6-8-11-22/h6-17,21,28H,18-20H2,1-5H3,(H,34,37)/t28-/m1/s1. The smallest absolute Gasteiger partial charge is 0.261 e. The molecule has 1 atom stereocenters. The van der Waals surface area contributed by atoms with Crippen LogP contribution in [0.1, 0.15) is 57.2 Å². The summed E-state index contributed by atoms with van der Waals surface area (Å²) in [4.78, 5) is 28.9. The molecule has 0 heterocycles. The fourth-order valence-corrected chi connectivity index (χ4v) is 4.55. The number of rotatable bonds is 10. The van der Waals surface area contributed by atoms with Gasteiger partial charge in [0.05, 0.1) is 0 Å². The maximum Gasteiger partial charge on any atom is 0.261 e. The molecule has 0 bridgehead atoms. The minimum absolute atomic E-state index is 0.0576. The lowest BCUT2D eigenvalue weighted by molar-refractivity contribution is -0.143. The first-order valence-corrected chi connectivity index (χ1v) is 13.5. The number of carbonyl (C=O) groups excluding carboxylic acids is 2. The van der Waals surface area contributed by atoms with E-state index in [-0.39, 0.29) is 25.0 Å². The van der Waals surface area contributed by atoms with E-state index in [4.69, 9.17) is 27.9 Å². The molecule has 0 fully saturated rings. The second kappa shape index (κ2) is 13.2. The van der Waals surface area contributed by atoms with E-state index in [9.17, 15) is 9.59 Å². The highest BCUT2D eigenvalue weighted by molar-refractivity contribution is 6.36. The fraction of sp³-hybridized carbons (Fsp3) is 0.355. The summed E-state index contributed by atoms with van der Waals surface area (Å²) in [5.41, 5.74) is 2.19. The fourth-order valence-electron chi connectivity index (χ4n) is 4.04. The average Bonchev–Trinajstić information content (AvgIpc) is 2.86. The summed E-state index contributed by atoms with van der Waals surface area (Å²) in [6.07, 6.45) is 0.319. The molecule has 38 heavy (non-hydrogen) atoms. The highest BCUT2D eigenvalue weighted by Crippen LogP contribution is 2.27. The van der Waals surface area contributed by atoms with Crippen LogP contribution >= 0.6 is 23.2 Å². The van der Waals surface area contributed by atoms with Crippen molar-refractivity contribution in [1.29, 1.82) is 0 Å². The zero-order valence-corrected chi connectivity index (χ0v) is 24.1. The van der Waals surface area contributed by atoms with Crippen LogP contribution in [-0.4, -0.2) is 34.9 Å². The van der Waals surface area contributed by atoms with Crippen LogP contribution in [-0.2, 0) is 22.6 Å². The number of hydrogen-bond acceptors (Lipinski definition) is 3. The van der Waals surface area contributed by atoms with Crippen LogP contribution < -0.4 is 10.1 Å². The summed E-state index contributed by atoms with van der Waals surface area (Å²) in [7, 11) is 0. The van der Waals surface area contributed by atoms with Gasteiger partial charge in [-0.05, 0) is 62.1 Å². The largest absolute Gasteiger partial charge is 0.484 e. The molecule has 0 aliphatic carbocycles. The van der Waals surface area contributed by atoms with Crippen LogP contribution in [0.3, 0.4) is 0 Å². The molecule has 5 nitrogen and oxygen atoms in total. The summed E-state index contributed by atoms with van der Waals surface area (Å²) in [5, 5.41) is 3.89. The highest BCUT2D eigenvalue weighted by Gasteiger charge is 2.33. The lowest BCUT2D eigenvalue weighted by Crippen LogP contribution is -2.55. The summed E-state index contributed by atoms with van der Waals surface area (Å²) < 4.78 is 5.87. The summed E-state index contributed by atoms with van der Waals surface area (Å²) >= 11 is 13.0.